The van der Waals surface area contributed by atoms with Gasteiger partial charge in [0.2, 0.25) is 10.0 Å². The van der Waals surface area contributed by atoms with Crippen LogP contribution in [0.25, 0.3) is 5.69 Å². The van der Waals surface area contributed by atoms with Gasteiger partial charge in [-0.05, 0) is 37.6 Å². The van der Waals surface area contributed by atoms with Gasteiger partial charge >= 0.3 is 0 Å². The molecule has 1 N–H and O–H groups in total. The Labute approximate surface area is 142 Å². The summed E-state index contributed by atoms with van der Waals surface area (Å²) >= 11 is 0. The average Bonchev–Trinajstić information content (AvgIpc) is 3.00. The van der Waals surface area contributed by atoms with Crippen LogP contribution in [0.3, 0.4) is 0 Å². The Hall–Kier alpha value is -2.44. The molecule has 5 nitrogen and oxygen atoms in total. The number of benzene rings is 2. The van der Waals surface area contributed by atoms with Gasteiger partial charge < -0.3 is 4.57 Å². The third-order valence-electron chi connectivity index (χ3n) is 3.86. The number of hydrogen-bond acceptors (Lipinski definition) is 3. The summed E-state index contributed by atoms with van der Waals surface area (Å²) in [5, 5.41) is 0. The molecule has 0 aliphatic rings. The molecule has 0 bridgehead atoms. The molecule has 2 aromatic carbocycles. The van der Waals surface area contributed by atoms with Gasteiger partial charge in [-0.1, -0.05) is 35.9 Å². The largest absolute Gasteiger partial charge is 0.304 e. The van der Waals surface area contributed by atoms with Gasteiger partial charge in [0.05, 0.1) is 10.6 Å². The second-order valence-corrected chi connectivity index (χ2v) is 7.38. The van der Waals surface area contributed by atoms with E-state index >= 15 is 0 Å². The molecule has 0 saturated heterocycles. The van der Waals surface area contributed by atoms with Gasteiger partial charge in [0, 0.05) is 18.9 Å². The first-order valence-corrected chi connectivity index (χ1v) is 9.10. The molecule has 0 aliphatic carbocycles. The lowest BCUT2D eigenvalue weighted by atomic mass is 10.2. The van der Waals surface area contributed by atoms with E-state index in [4.69, 9.17) is 0 Å². The summed E-state index contributed by atoms with van der Waals surface area (Å²) in [5.41, 5.74) is 2.82. The molecule has 24 heavy (non-hydrogen) atoms. The lowest BCUT2D eigenvalue weighted by Gasteiger charge is -2.13. The normalized spacial score (nSPS) is 11.6. The predicted molar refractivity (Wildman–Crippen MR) is 93.5 cm³/mol. The molecule has 0 saturated carbocycles. The third kappa shape index (κ3) is 3.39. The van der Waals surface area contributed by atoms with Crippen molar-refractivity contribution in [1.82, 2.24) is 14.3 Å². The van der Waals surface area contributed by atoms with E-state index in [9.17, 15) is 8.42 Å². The summed E-state index contributed by atoms with van der Waals surface area (Å²) in [6, 6.07) is 14.5. The van der Waals surface area contributed by atoms with E-state index in [-0.39, 0.29) is 11.4 Å². The van der Waals surface area contributed by atoms with Crippen molar-refractivity contribution in [2.24, 2.45) is 0 Å². The zero-order valence-electron chi connectivity index (χ0n) is 13.6. The van der Waals surface area contributed by atoms with E-state index in [0.29, 0.717) is 0 Å². The summed E-state index contributed by atoms with van der Waals surface area (Å²) in [7, 11) is -3.55. The molecule has 3 aromatic rings. The minimum atomic E-state index is -3.55. The first-order chi connectivity index (χ1) is 11.5. The highest BCUT2D eigenvalue weighted by Crippen LogP contribution is 2.17. The van der Waals surface area contributed by atoms with E-state index in [1.807, 2.05) is 48.9 Å². The highest BCUT2D eigenvalue weighted by molar-refractivity contribution is 7.89. The van der Waals surface area contributed by atoms with Crippen molar-refractivity contribution >= 4 is 10.0 Å². The van der Waals surface area contributed by atoms with E-state index in [0.717, 1.165) is 22.6 Å². The van der Waals surface area contributed by atoms with Crippen molar-refractivity contribution in [2.75, 3.05) is 0 Å². The fourth-order valence-electron chi connectivity index (χ4n) is 2.50. The molecular formula is C18H19N3O2S. The second kappa shape index (κ2) is 6.59. The molecule has 1 heterocycles. The Kier molecular flexibility index (Phi) is 4.51. The van der Waals surface area contributed by atoms with Crippen LogP contribution in [-0.4, -0.2) is 18.0 Å². The fraction of sp³-hybridized carbons (Fsp3) is 0.167. The number of imidazole rings is 1. The van der Waals surface area contributed by atoms with Gasteiger partial charge in [-0.15, -0.1) is 0 Å². The quantitative estimate of drug-likeness (QED) is 0.776. The Balaban J connectivity index is 1.85. The van der Waals surface area contributed by atoms with Gasteiger partial charge in [0.15, 0.2) is 0 Å². The van der Waals surface area contributed by atoms with Gasteiger partial charge in [0.25, 0.3) is 0 Å². The number of aromatic nitrogens is 2. The van der Waals surface area contributed by atoms with Crippen LogP contribution in [-0.2, 0) is 16.6 Å². The van der Waals surface area contributed by atoms with E-state index in [2.05, 4.69) is 9.71 Å². The summed E-state index contributed by atoms with van der Waals surface area (Å²) < 4.78 is 29.5. The first-order valence-electron chi connectivity index (χ1n) is 7.62. The molecule has 0 fully saturated rings. The average molecular weight is 341 g/mol. The molecule has 124 valence electrons. The molecule has 0 spiro atoms. The van der Waals surface area contributed by atoms with E-state index < -0.39 is 10.0 Å². The van der Waals surface area contributed by atoms with Crippen molar-refractivity contribution in [1.29, 1.82) is 0 Å². The van der Waals surface area contributed by atoms with Crippen molar-refractivity contribution in [3.63, 3.8) is 0 Å². The first kappa shape index (κ1) is 16.4. The Morgan fingerprint density at radius 2 is 1.75 bits per heavy atom. The van der Waals surface area contributed by atoms with E-state index in [1.54, 1.807) is 30.5 Å². The number of hydrogen-bond donors (Lipinski definition) is 1. The number of rotatable bonds is 5. The SMILES string of the molecule is Cc1ccc(S(=O)(=O)NCc2ccccc2-n2ccnc2C)cc1. The monoisotopic (exact) mass is 341 g/mol. The maximum atomic E-state index is 12.5. The third-order valence-corrected chi connectivity index (χ3v) is 5.28. The Bertz CT molecular complexity index is 944. The van der Waals surface area contributed by atoms with Crippen LogP contribution < -0.4 is 4.72 Å². The van der Waals surface area contributed by atoms with Gasteiger partial charge in [-0.3, -0.25) is 0 Å². The van der Waals surface area contributed by atoms with Crippen LogP contribution in [0.5, 0.6) is 0 Å². The summed E-state index contributed by atoms with van der Waals surface area (Å²) in [5.74, 6) is 0.851. The van der Waals surface area contributed by atoms with Crippen molar-refractivity contribution in [2.45, 2.75) is 25.3 Å². The number of nitrogens with zero attached hydrogens (tertiary/aromatic N) is 2. The van der Waals surface area contributed by atoms with Crippen LogP contribution in [0.4, 0.5) is 0 Å². The molecule has 0 radical (unpaired) electrons. The van der Waals surface area contributed by atoms with Crippen molar-refractivity contribution < 1.29 is 8.42 Å². The molecule has 0 atom stereocenters. The maximum Gasteiger partial charge on any atom is 0.240 e. The number of aryl methyl sites for hydroxylation is 2. The molecule has 0 amide bonds. The Morgan fingerprint density at radius 3 is 2.42 bits per heavy atom. The van der Waals surface area contributed by atoms with Crippen molar-refractivity contribution in [3.8, 4) is 5.69 Å². The maximum absolute atomic E-state index is 12.5. The second-order valence-electron chi connectivity index (χ2n) is 5.61. The van der Waals surface area contributed by atoms with Gasteiger partial charge in [-0.2, -0.15) is 0 Å². The Morgan fingerprint density at radius 1 is 1.04 bits per heavy atom. The minimum Gasteiger partial charge on any atom is -0.304 e. The fourth-order valence-corrected chi connectivity index (χ4v) is 3.51. The molecular weight excluding hydrogens is 322 g/mol. The minimum absolute atomic E-state index is 0.212. The van der Waals surface area contributed by atoms with Crippen LogP contribution in [0.2, 0.25) is 0 Å². The number of nitrogens with one attached hydrogen (secondary N) is 1. The summed E-state index contributed by atoms with van der Waals surface area (Å²) in [4.78, 5) is 4.49. The lowest BCUT2D eigenvalue weighted by Crippen LogP contribution is -2.24. The molecule has 6 heteroatoms. The predicted octanol–water partition coefficient (Wildman–Crippen LogP) is 2.97. The lowest BCUT2D eigenvalue weighted by molar-refractivity contribution is 0.581. The van der Waals surface area contributed by atoms with E-state index in [1.165, 1.54) is 0 Å². The van der Waals surface area contributed by atoms with Gasteiger partial charge in [0.1, 0.15) is 5.82 Å². The highest BCUT2D eigenvalue weighted by atomic mass is 32.2. The summed E-state index contributed by atoms with van der Waals surface area (Å²) in [6.45, 7) is 4.05. The summed E-state index contributed by atoms with van der Waals surface area (Å²) in [6.07, 6.45) is 3.59. The molecule has 3 rings (SSSR count). The van der Waals surface area contributed by atoms with Crippen molar-refractivity contribution in [3.05, 3.63) is 77.9 Å². The van der Waals surface area contributed by atoms with Gasteiger partial charge in [-0.25, -0.2) is 18.1 Å². The zero-order valence-corrected chi connectivity index (χ0v) is 14.4. The topological polar surface area (TPSA) is 64.0 Å². The number of sulfonamides is 1. The standard InChI is InChI=1S/C18H19N3O2S/c1-14-7-9-17(10-8-14)24(22,23)20-13-16-5-3-4-6-18(16)21-12-11-19-15(21)2/h3-12,20H,13H2,1-2H3. The number of para-hydroxylation sites is 1. The van der Waals surface area contributed by atoms with Crippen LogP contribution >= 0.6 is 0 Å². The highest BCUT2D eigenvalue weighted by Gasteiger charge is 2.15. The molecule has 0 aliphatic heterocycles. The zero-order chi connectivity index (χ0) is 17.2. The van der Waals surface area contributed by atoms with Crippen LogP contribution in [0.1, 0.15) is 17.0 Å². The van der Waals surface area contributed by atoms with Crippen LogP contribution in [0.15, 0.2) is 65.8 Å². The molecule has 1 aromatic heterocycles. The smallest absolute Gasteiger partial charge is 0.240 e. The molecule has 0 unspecified atom stereocenters. The van der Waals surface area contributed by atoms with Crippen LogP contribution in [0, 0.1) is 13.8 Å².